The van der Waals surface area contributed by atoms with Gasteiger partial charge in [-0.3, -0.25) is 9.59 Å². The molecule has 24 heavy (non-hydrogen) atoms. The minimum absolute atomic E-state index is 0.0656. The van der Waals surface area contributed by atoms with Gasteiger partial charge in [0.05, 0.1) is 7.11 Å². The first-order chi connectivity index (χ1) is 11.1. The van der Waals surface area contributed by atoms with Gasteiger partial charge in [0.15, 0.2) is 0 Å². The Bertz CT molecular complexity index is 726. The standard InChI is InChI=1S/C13H18N2O7S2/c1-8(12(17)18)15(6-5-14-9(2)16)24(20,21)10-4-7-23-11(10)13(19)22-3/h4,7-8H,5-6H2,1-3H3,(H,14,16)(H,17,18). The highest BCUT2D eigenvalue weighted by Gasteiger charge is 2.36. The van der Waals surface area contributed by atoms with Crippen molar-refractivity contribution in [3.63, 3.8) is 0 Å². The Morgan fingerprint density at radius 1 is 1.42 bits per heavy atom. The molecule has 1 atom stereocenters. The average Bonchev–Trinajstić information content (AvgIpc) is 2.99. The largest absolute Gasteiger partial charge is 0.480 e. The monoisotopic (exact) mass is 378 g/mol. The number of hydrogen-bond acceptors (Lipinski definition) is 7. The second-order valence-electron chi connectivity index (χ2n) is 4.72. The third kappa shape index (κ3) is 4.52. The number of carbonyl (C=O) groups excluding carboxylic acids is 2. The molecule has 0 aromatic carbocycles. The molecule has 0 saturated carbocycles. The molecule has 0 bridgehead atoms. The fraction of sp³-hybridized carbons (Fsp3) is 0.462. The molecule has 134 valence electrons. The van der Waals surface area contributed by atoms with Crippen LogP contribution < -0.4 is 5.32 Å². The lowest BCUT2D eigenvalue weighted by molar-refractivity contribution is -0.140. The number of nitrogens with zero attached hydrogens (tertiary/aromatic N) is 1. The van der Waals surface area contributed by atoms with E-state index in [0.717, 1.165) is 22.8 Å². The zero-order valence-electron chi connectivity index (χ0n) is 13.3. The summed E-state index contributed by atoms with van der Waals surface area (Å²) < 4.78 is 30.9. The number of thiophene rings is 1. The number of methoxy groups -OCH3 is 1. The maximum Gasteiger partial charge on any atom is 0.349 e. The molecule has 0 saturated heterocycles. The van der Waals surface area contributed by atoms with Crippen LogP contribution in [-0.4, -0.2) is 61.9 Å². The number of nitrogens with one attached hydrogen (secondary N) is 1. The Morgan fingerprint density at radius 3 is 2.54 bits per heavy atom. The molecule has 1 unspecified atom stereocenters. The smallest absolute Gasteiger partial charge is 0.349 e. The molecule has 9 nitrogen and oxygen atoms in total. The molecule has 0 fully saturated rings. The second-order valence-corrected chi connectivity index (χ2v) is 7.49. The number of amides is 1. The molecule has 1 aromatic heterocycles. The Balaban J connectivity index is 3.24. The molecule has 0 aliphatic carbocycles. The molecule has 11 heteroatoms. The summed E-state index contributed by atoms with van der Waals surface area (Å²) in [7, 11) is -3.16. The summed E-state index contributed by atoms with van der Waals surface area (Å²) in [6.45, 7) is 2.14. The number of hydrogen-bond donors (Lipinski definition) is 2. The number of sulfonamides is 1. The Morgan fingerprint density at radius 2 is 2.04 bits per heavy atom. The fourth-order valence-corrected chi connectivity index (χ4v) is 4.75. The molecule has 1 rings (SSSR count). The molecule has 0 aliphatic rings. The van der Waals surface area contributed by atoms with Gasteiger partial charge in [-0.15, -0.1) is 11.3 Å². The van der Waals surface area contributed by atoms with E-state index in [1.807, 2.05) is 0 Å². The predicted octanol–water partition coefficient (Wildman–Crippen LogP) is 0.135. The van der Waals surface area contributed by atoms with Crippen molar-refractivity contribution < 1.29 is 32.6 Å². The molecule has 1 amide bonds. The quantitative estimate of drug-likeness (QED) is 0.615. The first-order valence-electron chi connectivity index (χ1n) is 6.77. The summed E-state index contributed by atoms with van der Waals surface area (Å²) in [6.07, 6.45) is 0. The van der Waals surface area contributed by atoms with E-state index in [1.54, 1.807) is 0 Å². The van der Waals surface area contributed by atoms with Gasteiger partial charge in [-0.1, -0.05) is 0 Å². The van der Waals surface area contributed by atoms with Gasteiger partial charge in [0, 0.05) is 20.0 Å². The third-order valence-corrected chi connectivity index (χ3v) is 6.12. The number of aliphatic carboxylic acids is 1. The third-order valence-electron chi connectivity index (χ3n) is 3.08. The Labute approximate surface area is 143 Å². The molecular weight excluding hydrogens is 360 g/mol. The Hall–Kier alpha value is -1.98. The zero-order chi connectivity index (χ0) is 18.5. The van der Waals surface area contributed by atoms with Crippen LogP contribution in [0.15, 0.2) is 16.3 Å². The molecule has 1 heterocycles. The SMILES string of the molecule is COC(=O)c1sccc1S(=O)(=O)N(CCNC(C)=O)C(C)C(=O)O. The maximum atomic E-state index is 12.8. The van der Waals surface area contributed by atoms with Gasteiger partial charge in [0.25, 0.3) is 0 Å². The minimum Gasteiger partial charge on any atom is -0.480 e. The van der Waals surface area contributed by atoms with Crippen LogP contribution in [0.5, 0.6) is 0 Å². The second kappa shape index (κ2) is 8.22. The van der Waals surface area contributed by atoms with Crippen molar-refractivity contribution in [1.82, 2.24) is 9.62 Å². The molecule has 0 radical (unpaired) electrons. The van der Waals surface area contributed by atoms with Crippen molar-refractivity contribution in [2.45, 2.75) is 24.8 Å². The van der Waals surface area contributed by atoms with Gasteiger partial charge in [0.2, 0.25) is 15.9 Å². The van der Waals surface area contributed by atoms with Crippen molar-refractivity contribution in [2.75, 3.05) is 20.2 Å². The van der Waals surface area contributed by atoms with Crippen LogP contribution in [0.1, 0.15) is 23.5 Å². The van der Waals surface area contributed by atoms with E-state index in [4.69, 9.17) is 5.11 Å². The lowest BCUT2D eigenvalue weighted by Crippen LogP contribution is -2.46. The highest BCUT2D eigenvalue weighted by molar-refractivity contribution is 7.89. The van der Waals surface area contributed by atoms with E-state index in [0.29, 0.717) is 0 Å². The van der Waals surface area contributed by atoms with Crippen molar-refractivity contribution in [2.24, 2.45) is 0 Å². The van der Waals surface area contributed by atoms with E-state index in [2.05, 4.69) is 10.1 Å². The topological polar surface area (TPSA) is 130 Å². The summed E-state index contributed by atoms with van der Waals surface area (Å²) in [5.41, 5.74) is 0. The first kappa shape index (κ1) is 20.1. The number of rotatable bonds is 8. The minimum atomic E-state index is -4.27. The first-order valence-corrected chi connectivity index (χ1v) is 9.09. The lowest BCUT2D eigenvalue weighted by atomic mass is 10.3. The van der Waals surface area contributed by atoms with Crippen molar-refractivity contribution >= 4 is 39.2 Å². The van der Waals surface area contributed by atoms with Crippen LogP contribution in [0, 0.1) is 0 Å². The van der Waals surface area contributed by atoms with Crippen LogP contribution >= 0.6 is 11.3 Å². The summed E-state index contributed by atoms with van der Waals surface area (Å²) in [4.78, 5) is 33.4. The van der Waals surface area contributed by atoms with E-state index in [-0.39, 0.29) is 28.8 Å². The number of ether oxygens (including phenoxy) is 1. The summed E-state index contributed by atoms with van der Waals surface area (Å²) >= 11 is 0.878. The molecule has 1 aromatic rings. The van der Waals surface area contributed by atoms with Crippen LogP contribution in [0.25, 0.3) is 0 Å². The van der Waals surface area contributed by atoms with Crippen molar-refractivity contribution in [3.8, 4) is 0 Å². The number of carbonyl (C=O) groups is 3. The predicted molar refractivity (Wildman–Crippen MR) is 85.3 cm³/mol. The van der Waals surface area contributed by atoms with E-state index < -0.39 is 28.0 Å². The van der Waals surface area contributed by atoms with E-state index >= 15 is 0 Å². The Kier molecular flexibility index (Phi) is 6.87. The van der Waals surface area contributed by atoms with Gasteiger partial charge < -0.3 is 15.2 Å². The van der Waals surface area contributed by atoms with Gasteiger partial charge in [-0.25, -0.2) is 13.2 Å². The van der Waals surface area contributed by atoms with E-state index in [9.17, 15) is 22.8 Å². The average molecular weight is 378 g/mol. The molecule has 2 N–H and O–H groups in total. The fourth-order valence-electron chi connectivity index (χ4n) is 1.86. The highest BCUT2D eigenvalue weighted by atomic mass is 32.2. The van der Waals surface area contributed by atoms with Crippen molar-refractivity contribution in [3.05, 3.63) is 16.3 Å². The summed E-state index contributed by atoms with van der Waals surface area (Å²) in [5, 5.41) is 13.0. The van der Waals surface area contributed by atoms with Gasteiger partial charge in [-0.2, -0.15) is 4.31 Å². The number of carboxylic acid groups (broad SMARTS) is 1. The lowest BCUT2D eigenvalue weighted by Gasteiger charge is -2.25. The number of carboxylic acids is 1. The van der Waals surface area contributed by atoms with Crippen LogP contribution in [0.4, 0.5) is 0 Å². The van der Waals surface area contributed by atoms with Gasteiger partial charge in [0.1, 0.15) is 15.8 Å². The van der Waals surface area contributed by atoms with Crippen LogP contribution in [0.3, 0.4) is 0 Å². The van der Waals surface area contributed by atoms with Crippen molar-refractivity contribution in [1.29, 1.82) is 0 Å². The molecule has 0 spiro atoms. The number of esters is 1. The summed E-state index contributed by atoms with van der Waals surface area (Å²) in [6, 6.07) is -0.166. The molecular formula is C13H18N2O7S2. The molecule has 0 aliphatic heterocycles. The normalized spacial score (nSPS) is 12.7. The summed E-state index contributed by atoms with van der Waals surface area (Å²) in [5.74, 6) is -2.55. The maximum absolute atomic E-state index is 12.8. The van der Waals surface area contributed by atoms with Crippen LogP contribution in [0.2, 0.25) is 0 Å². The zero-order valence-corrected chi connectivity index (χ0v) is 14.9. The van der Waals surface area contributed by atoms with Gasteiger partial charge >= 0.3 is 11.9 Å². The highest BCUT2D eigenvalue weighted by Crippen LogP contribution is 2.27. The van der Waals surface area contributed by atoms with Crippen LogP contribution in [-0.2, 0) is 24.3 Å². The van der Waals surface area contributed by atoms with Gasteiger partial charge in [-0.05, 0) is 18.4 Å². The van der Waals surface area contributed by atoms with E-state index in [1.165, 1.54) is 25.3 Å².